The zero-order valence-corrected chi connectivity index (χ0v) is 13.8. The predicted octanol–water partition coefficient (Wildman–Crippen LogP) is 0.698. The maximum atomic E-state index is 12.3. The van der Waals surface area contributed by atoms with Crippen LogP contribution in [0.25, 0.3) is 0 Å². The zero-order chi connectivity index (χ0) is 17.2. The third-order valence-electron chi connectivity index (χ3n) is 3.81. The number of ether oxygens (including phenoxy) is 2. The first-order valence-corrected chi connectivity index (χ1v) is 7.82. The summed E-state index contributed by atoms with van der Waals surface area (Å²) in [5.74, 6) is -1.23. The highest BCUT2D eigenvalue weighted by molar-refractivity contribution is 5.83. The van der Waals surface area contributed by atoms with Crippen LogP contribution < -0.4 is 0 Å². The van der Waals surface area contributed by atoms with Gasteiger partial charge in [-0.05, 0) is 33.6 Å². The molecule has 2 aliphatic heterocycles. The van der Waals surface area contributed by atoms with Crippen LogP contribution in [0.5, 0.6) is 0 Å². The van der Waals surface area contributed by atoms with E-state index in [0.29, 0.717) is 39.0 Å². The molecule has 2 atom stereocenters. The normalized spacial score (nSPS) is 25.3. The molecule has 8 nitrogen and oxygen atoms in total. The summed E-state index contributed by atoms with van der Waals surface area (Å²) in [6.07, 6.45) is -1.20. The number of hydrogen-bond acceptors (Lipinski definition) is 5. The number of piperazine rings is 1. The molecule has 2 heterocycles. The number of carbonyl (C=O) groups is 3. The Morgan fingerprint density at radius 3 is 2.00 bits per heavy atom. The minimum Gasteiger partial charge on any atom is -0.479 e. The maximum absolute atomic E-state index is 12.3. The Morgan fingerprint density at radius 2 is 1.52 bits per heavy atom. The lowest BCUT2D eigenvalue weighted by Crippen LogP contribution is -2.53. The van der Waals surface area contributed by atoms with Gasteiger partial charge in [0.25, 0.3) is 5.91 Å². The molecule has 2 unspecified atom stereocenters. The Balaban J connectivity index is 1.81. The highest BCUT2D eigenvalue weighted by Gasteiger charge is 2.38. The number of nitrogens with zero attached hydrogens (tertiary/aromatic N) is 2. The van der Waals surface area contributed by atoms with E-state index in [1.807, 2.05) is 0 Å². The second-order valence-corrected chi connectivity index (χ2v) is 6.82. The lowest BCUT2D eigenvalue weighted by Gasteiger charge is -2.36. The predicted molar refractivity (Wildman–Crippen MR) is 79.9 cm³/mol. The molecule has 23 heavy (non-hydrogen) atoms. The first kappa shape index (κ1) is 17.5. The summed E-state index contributed by atoms with van der Waals surface area (Å²) in [6.45, 7) is 7.01. The van der Waals surface area contributed by atoms with Crippen LogP contribution in [0.4, 0.5) is 4.79 Å². The van der Waals surface area contributed by atoms with Gasteiger partial charge in [-0.15, -0.1) is 0 Å². The number of amides is 2. The summed E-state index contributed by atoms with van der Waals surface area (Å²) >= 11 is 0. The van der Waals surface area contributed by atoms with Gasteiger partial charge in [-0.3, -0.25) is 4.79 Å². The summed E-state index contributed by atoms with van der Waals surface area (Å²) in [5.41, 5.74) is -0.548. The van der Waals surface area contributed by atoms with Gasteiger partial charge in [-0.2, -0.15) is 0 Å². The molecule has 0 radical (unpaired) electrons. The van der Waals surface area contributed by atoms with Gasteiger partial charge in [0.15, 0.2) is 6.10 Å². The van der Waals surface area contributed by atoms with Crippen molar-refractivity contribution >= 4 is 18.0 Å². The van der Waals surface area contributed by atoms with E-state index in [2.05, 4.69) is 0 Å². The second-order valence-electron chi connectivity index (χ2n) is 6.82. The molecule has 0 aromatic carbocycles. The smallest absolute Gasteiger partial charge is 0.410 e. The molecule has 0 bridgehead atoms. The van der Waals surface area contributed by atoms with E-state index in [0.717, 1.165) is 0 Å². The number of carbonyl (C=O) groups excluding carboxylic acids is 2. The van der Waals surface area contributed by atoms with Gasteiger partial charge in [-0.25, -0.2) is 9.59 Å². The second kappa shape index (κ2) is 6.74. The molecule has 8 heteroatoms. The first-order chi connectivity index (χ1) is 10.7. The minimum absolute atomic E-state index is 0.197. The van der Waals surface area contributed by atoms with E-state index in [-0.39, 0.29) is 12.0 Å². The Bertz CT molecular complexity index is 479. The van der Waals surface area contributed by atoms with Crippen LogP contribution in [0, 0.1) is 0 Å². The summed E-state index contributed by atoms with van der Waals surface area (Å²) in [5, 5.41) is 8.90. The molecule has 130 valence electrons. The molecule has 0 aliphatic carbocycles. The molecular weight excluding hydrogens is 304 g/mol. The van der Waals surface area contributed by atoms with E-state index in [9.17, 15) is 14.4 Å². The van der Waals surface area contributed by atoms with E-state index in [4.69, 9.17) is 14.6 Å². The van der Waals surface area contributed by atoms with Crippen molar-refractivity contribution in [1.82, 2.24) is 9.80 Å². The monoisotopic (exact) mass is 328 g/mol. The van der Waals surface area contributed by atoms with Crippen LogP contribution >= 0.6 is 0 Å². The van der Waals surface area contributed by atoms with Crippen LogP contribution in [0.15, 0.2) is 0 Å². The molecule has 0 aromatic rings. The van der Waals surface area contributed by atoms with E-state index >= 15 is 0 Å². The maximum Gasteiger partial charge on any atom is 0.410 e. The number of carboxylic acid groups (broad SMARTS) is 1. The van der Waals surface area contributed by atoms with Crippen molar-refractivity contribution in [2.75, 3.05) is 26.2 Å². The Labute approximate surface area is 135 Å². The van der Waals surface area contributed by atoms with Crippen LogP contribution in [0.2, 0.25) is 0 Å². The standard InChI is InChI=1S/C15H24N2O6/c1-15(2,3)23-14(21)17-8-6-16(7-9-17)12(18)10-4-5-11(22-10)13(19)20/h10-11H,4-9H2,1-3H3,(H,19,20). The lowest BCUT2D eigenvalue weighted by atomic mass is 10.1. The van der Waals surface area contributed by atoms with Crippen molar-refractivity contribution in [1.29, 1.82) is 0 Å². The third kappa shape index (κ3) is 4.57. The highest BCUT2D eigenvalue weighted by atomic mass is 16.6. The first-order valence-electron chi connectivity index (χ1n) is 7.82. The molecule has 2 aliphatic rings. The van der Waals surface area contributed by atoms with E-state index in [1.54, 1.807) is 30.6 Å². The van der Waals surface area contributed by atoms with Crippen molar-refractivity contribution < 1.29 is 29.0 Å². The average Bonchev–Trinajstić information content (AvgIpc) is 2.95. The van der Waals surface area contributed by atoms with Gasteiger partial charge in [-0.1, -0.05) is 0 Å². The molecule has 0 saturated carbocycles. The third-order valence-corrected chi connectivity index (χ3v) is 3.81. The summed E-state index contributed by atoms with van der Waals surface area (Å²) in [7, 11) is 0. The van der Waals surface area contributed by atoms with Crippen LogP contribution in [-0.2, 0) is 19.1 Å². The minimum atomic E-state index is -1.03. The summed E-state index contributed by atoms with van der Waals surface area (Å²) in [6, 6.07) is 0. The fourth-order valence-corrected chi connectivity index (χ4v) is 2.64. The Morgan fingerprint density at radius 1 is 1.00 bits per heavy atom. The molecular formula is C15H24N2O6. The Kier molecular flexibility index (Phi) is 5.13. The Hall–Kier alpha value is -1.83. The van der Waals surface area contributed by atoms with Crippen molar-refractivity contribution in [2.24, 2.45) is 0 Å². The lowest BCUT2D eigenvalue weighted by molar-refractivity contribution is -0.155. The van der Waals surface area contributed by atoms with Gasteiger partial charge in [0.05, 0.1) is 0 Å². The summed E-state index contributed by atoms with van der Waals surface area (Å²) < 4.78 is 10.6. The average molecular weight is 328 g/mol. The molecule has 2 rings (SSSR count). The largest absolute Gasteiger partial charge is 0.479 e. The molecule has 0 spiro atoms. The molecule has 2 fully saturated rings. The molecule has 2 saturated heterocycles. The fourth-order valence-electron chi connectivity index (χ4n) is 2.64. The highest BCUT2D eigenvalue weighted by Crippen LogP contribution is 2.22. The van der Waals surface area contributed by atoms with Gasteiger partial charge < -0.3 is 24.4 Å². The van der Waals surface area contributed by atoms with Crippen LogP contribution in [0.1, 0.15) is 33.6 Å². The number of aliphatic carboxylic acids is 1. The van der Waals surface area contributed by atoms with Gasteiger partial charge in [0.2, 0.25) is 0 Å². The van der Waals surface area contributed by atoms with Gasteiger partial charge >= 0.3 is 12.1 Å². The number of hydrogen-bond donors (Lipinski definition) is 1. The van der Waals surface area contributed by atoms with E-state index < -0.39 is 23.8 Å². The van der Waals surface area contributed by atoms with Crippen LogP contribution in [-0.4, -0.2) is 76.9 Å². The fraction of sp³-hybridized carbons (Fsp3) is 0.800. The van der Waals surface area contributed by atoms with Gasteiger partial charge in [0, 0.05) is 26.2 Å². The van der Waals surface area contributed by atoms with Crippen molar-refractivity contribution in [3.63, 3.8) is 0 Å². The van der Waals surface area contributed by atoms with Crippen molar-refractivity contribution in [3.05, 3.63) is 0 Å². The van der Waals surface area contributed by atoms with Crippen molar-refractivity contribution in [2.45, 2.75) is 51.4 Å². The topological polar surface area (TPSA) is 96.4 Å². The SMILES string of the molecule is CC(C)(C)OC(=O)N1CCN(C(=O)C2CCC(C(=O)O)O2)CC1. The molecule has 2 amide bonds. The number of rotatable bonds is 2. The van der Waals surface area contributed by atoms with Gasteiger partial charge in [0.1, 0.15) is 11.7 Å². The zero-order valence-electron chi connectivity index (χ0n) is 13.8. The summed E-state index contributed by atoms with van der Waals surface area (Å²) in [4.78, 5) is 38.4. The van der Waals surface area contributed by atoms with E-state index in [1.165, 1.54) is 0 Å². The quantitative estimate of drug-likeness (QED) is 0.801. The number of carboxylic acids is 1. The molecule has 0 aromatic heterocycles. The molecule has 1 N–H and O–H groups in total. The van der Waals surface area contributed by atoms with Crippen LogP contribution in [0.3, 0.4) is 0 Å². The van der Waals surface area contributed by atoms with Crippen molar-refractivity contribution in [3.8, 4) is 0 Å².